The molecule has 24 heavy (non-hydrogen) atoms. The molecule has 0 saturated heterocycles. The first kappa shape index (κ1) is 14.0. The van der Waals surface area contributed by atoms with Crippen LogP contribution in [-0.2, 0) is 32.1 Å². The summed E-state index contributed by atoms with van der Waals surface area (Å²) in [5, 5.41) is 9.19. The van der Waals surface area contributed by atoms with Crippen LogP contribution in [0.2, 0.25) is 0 Å². The second-order valence-electron chi connectivity index (χ2n) is 7.56. The average Bonchev–Trinajstić information content (AvgIpc) is 3.21. The summed E-state index contributed by atoms with van der Waals surface area (Å²) in [4.78, 5) is 24.4. The number of aryl methyl sites for hydroxylation is 2. The van der Waals surface area contributed by atoms with Gasteiger partial charge in [0.05, 0.1) is 5.56 Å². The number of carbonyl (C=O) groups is 2. The molecule has 0 unspecified atom stereocenters. The Labute approximate surface area is 140 Å². The molecule has 0 amide bonds. The lowest BCUT2D eigenvalue weighted by molar-refractivity contribution is 0.0696. The van der Waals surface area contributed by atoms with Gasteiger partial charge in [-0.2, -0.15) is 0 Å². The number of carbonyl (C=O) groups excluding carboxylic acids is 1. The van der Waals surface area contributed by atoms with Crippen molar-refractivity contribution in [1.29, 1.82) is 0 Å². The Morgan fingerprint density at radius 1 is 0.875 bits per heavy atom. The van der Waals surface area contributed by atoms with Crippen LogP contribution in [0.4, 0.5) is 0 Å². The van der Waals surface area contributed by atoms with Crippen molar-refractivity contribution in [2.75, 3.05) is 0 Å². The van der Waals surface area contributed by atoms with Gasteiger partial charge < -0.3 is 5.11 Å². The first-order valence-corrected chi connectivity index (χ1v) is 8.60. The molecule has 0 radical (unpaired) electrons. The number of hydrogen-bond donors (Lipinski definition) is 1. The van der Waals surface area contributed by atoms with Crippen LogP contribution in [0.25, 0.3) is 0 Å². The van der Waals surface area contributed by atoms with Gasteiger partial charge >= 0.3 is 5.97 Å². The Morgan fingerprint density at radius 3 is 2.38 bits per heavy atom. The third-order valence-corrected chi connectivity index (χ3v) is 6.08. The van der Waals surface area contributed by atoms with E-state index in [2.05, 4.69) is 12.1 Å². The van der Waals surface area contributed by atoms with Crippen molar-refractivity contribution < 1.29 is 14.7 Å². The Morgan fingerprint density at radius 2 is 1.58 bits per heavy atom. The molecule has 3 heteroatoms. The molecule has 120 valence electrons. The lowest BCUT2D eigenvalue weighted by atomic mass is 9.81. The van der Waals surface area contributed by atoms with E-state index in [4.69, 9.17) is 0 Å². The molecular formula is C21H18O3. The van der Waals surface area contributed by atoms with E-state index < -0.39 is 5.97 Å². The van der Waals surface area contributed by atoms with Crippen molar-refractivity contribution in [2.24, 2.45) is 5.41 Å². The normalized spacial score (nSPS) is 23.4. The molecule has 0 aliphatic heterocycles. The molecule has 0 bridgehead atoms. The van der Waals surface area contributed by atoms with Crippen LogP contribution in [0.1, 0.15) is 55.0 Å². The van der Waals surface area contributed by atoms with Crippen molar-refractivity contribution in [3.8, 4) is 0 Å². The Hall–Kier alpha value is -2.42. The van der Waals surface area contributed by atoms with Crippen LogP contribution in [0.15, 0.2) is 30.3 Å². The average molecular weight is 318 g/mol. The summed E-state index contributed by atoms with van der Waals surface area (Å²) in [5.41, 5.74) is 6.99. The molecule has 2 aromatic rings. The summed E-state index contributed by atoms with van der Waals surface area (Å²) in [6.45, 7) is 0. The van der Waals surface area contributed by atoms with Gasteiger partial charge in [-0.25, -0.2) is 4.79 Å². The van der Waals surface area contributed by atoms with Crippen molar-refractivity contribution in [3.05, 3.63) is 69.3 Å². The quantitative estimate of drug-likeness (QED) is 0.877. The standard InChI is InChI=1S/C21H18O3/c22-19-18-8-13-3-1-2-12(13)6-17(18)11-21(19)9-15-5-4-14(20(23)24)7-16(15)10-21/h4-8H,1-3,9-11H2,(H,23,24)/t21-/m1/s1. The summed E-state index contributed by atoms with van der Waals surface area (Å²) >= 11 is 0. The summed E-state index contributed by atoms with van der Waals surface area (Å²) in [6, 6.07) is 9.70. The van der Waals surface area contributed by atoms with Gasteiger partial charge in [-0.05, 0) is 84.5 Å². The van der Waals surface area contributed by atoms with Crippen molar-refractivity contribution >= 4 is 11.8 Å². The fourth-order valence-electron chi connectivity index (χ4n) is 4.94. The number of fused-ring (bicyclic) bond motifs is 3. The molecule has 0 saturated carbocycles. The van der Waals surface area contributed by atoms with Gasteiger partial charge in [0.15, 0.2) is 5.78 Å². The third kappa shape index (κ3) is 1.78. The molecule has 1 spiro atoms. The summed E-state index contributed by atoms with van der Waals surface area (Å²) in [7, 11) is 0. The predicted octanol–water partition coefficient (Wildman–Crippen LogP) is 3.40. The van der Waals surface area contributed by atoms with E-state index in [9.17, 15) is 14.7 Å². The van der Waals surface area contributed by atoms with Crippen LogP contribution in [0.5, 0.6) is 0 Å². The first-order chi connectivity index (χ1) is 11.6. The van der Waals surface area contributed by atoms with E-state index in [1.807, 2.05) is 6.07 Å². The van der Waals surface area contributed by atoms with Gasteiger partial charge in [0, 0.05) is 11.0 Å². The highest BCUT2D eigenvalue weighted by atomic mass is 16.4. The van der Waals surface area contributed by atoms with Crippen LogP contribution < -0.4 is 0 Å². The zero-order chi connectivity index (χ0) is 16.5. The van der Waals surface area contributed by atoms with Gasteiger partial charge in [-0.3, -0.25) is 4.79 Å². The van der Waals surface area contributed by atoms with Crippen LogP contribution >= 0.6 is 0 Å². The number of carboxylic acids is 1. The van der Waals surface area contributed by atoms with E-state index in [-0.39, 0.29) is 11.2 Å². The molecule has 1 N–H and O–H groups in total. The fraction of sp³-hybridized carbons (Fsp3) is 0.333. The van der Waals surface area contributed by atoms with Crippen LogP contribution in [0, 0.1) is 5.41 Å². The first-order valence-electron chi connectivity index (χ1n) is 8.60. The van der Waals surface area contributed by atoms with Gasteiger partial charge in [-0.15, -0.1) is 0 Å². The number of ketones is 1. The topological polar surface area (TPSA) is 54.4 Å². The summed E-state index contributed by atoms with van der Waals surface area (Å²) in [5.74, 6) is -0.642. The maximum Gasteiger partial charge on any atom is 0.335 e. The van der Waals surface area contributed by atoms with Crippen LogP contribution in [0.3, 0.4) is 0 Å². The van der Waals surface area contributed by atoms with E-state index >= 15 is 0 Å². The smallest absolute Gasteiger partial charge is 0.335 e. The fourth-order valence-corrected chi connectivity index (χ4v) is 4.94. The van der Waals surface area contributed by atoms with E-state index in [0.717, 1.165) is 42.4 Å². The third-order valence-electron chi connectivity index (χ3n) is 6.08. The number of Topliss-reactive ketones (excluding diaryl/α,β-unsaturated/α-hetero) is 1. The van der Waals surface area contributed by atoms with Gasteiger partial charge in [-0.1, -0.05) is 12.1 Å². The van der Waals surface area contributed by atoms with E-state index in [1.54, 1.807) is 12.1 Å². The van der Waals surface area contributed by atoms with Gasteiger partial charge in [0.1, 0.15) is 0 Å². The molecule has 0 aromatic heterocycles. The molecule has 3 aliphatic carbocycles. The zero-order valence-electron chi connectivity index (χ0n) is 13.4. The summed E-state index contributed by atoms with van der Waals surface area (Å²) < 4.78 is 0. The number of rotatable bonds is 1. The highest BCUT2D eigenvalue weighted by molar-refractivity contribution is 6.06. The van der Waals surface area contributed by atoms with Crippen molar-refractivity contribution in [2.45, 2.75) is 38.5 Å². The number of aromatic carboxylic acids is 1. The molecular weight excluding hydrogens is 300 g/mol. The number of carboxylic acid groups (broad SMARTS) is 1. The molecule has 2 aromatic carbocycles. The molecule has 3 nitrogen and oxygen atoms in total. The minimum atomic E-state index is -0.906. The zero-order valence-corrected chi connectivity index (χ0v) is 13.4. The molecule has 0 heterocycles. The second kappa shape index (κ2) is 4.56. The highest BCUT2D eigenvalue weighted by Gasteiger charge is 2.49. The van der Waals surface area contributed by atoms with Crippen molar-refractivity contribution in [3.63, 3.8) is 0 Å². The molecule has 0 fully saturated rings. The van der Waals surface area contributed by atoms with Gasteiger partial charge in [0.25, 0.3) is 0 Å². The van der Waals surface area contributed by atoms with Gasteiger partial charge in [0.2, 0.25) is 0 Å². The van der Waals surface area contributed by atoms with Crippen molar-refractivity contribution in [1.82, 2.24) is 0 Å². The Bertz CT molecular complexity index is 925. The molecule has 5 rings (SSSR count). The lowest BCUT2D eigenvalue weighted by Crippen LogP contribution is -2.28. The number of hydrogen-bond acceptors (Lipinski definition) is 2. The molecule has 1 atom stereocenters. The predicted molar refractivity (Wildman–Crippen MR) is 89.7 cm³/mol. The van der Waals surface area contributed by atoms with Crippen LogP contribution in [-0.4, -0.2) is 16.9 Å². The summed E-state index contributed by atoms with van der Waals surface area (Å²) in [6.07, 6.45) is 5.62. The largest absolute Gasteiger partial charge is 0.478 e. The Kier molecular flexibility index (Phi) is 2.66. The maximum absolute atomic E-state index is 13.2. The Balaban J connectivity index is 1.54. The maximum atomic E-state index is 13.2. The minimum Gasteiger partial charge on any atom is -0.478 e. The SMILES string of the molecule is O=C(O)c1ccc2c(c1)C[C@]1(C2)Cc2cc3c(cc2C1=O)CCC3. The number of benzene rings is 2. The highest BCUT2D eigenvalue weighted by Crippen LogP contribution is 2.48. The molecule has 3 aliphatic rings. The van der Waals surface area contributed by atoms with E-state index in [0.29, 0.717) is 12.0 Å². The lowest BCUT2D eigenvalue weighted by Gasteiger charge is -2.20. The second-order valence-corrected chi connectivity index (χ2v) is 7.56. The monoisotopic (exact) mass is 318 g/mol. The van der Waals surface area contributed by atoms with E-state index in [1.165, 1.54) is 23.1 Å². The minimum absolute atomic E-state index is 0.264.